The Morgan fingerprint density at radius 2 is 1.75 bits per heavy atom. The van der Waals surface area contributed by atoms with E-state index < -0.39 is 10.0 Å². The minimum Gasteiger partial charge on any atom is -0.339 e. The highest BCUT2D eigenvalue weighted by Crippen LogP contribution is 2.27. The molecule has 5 nitrogen and oxygen atoms in total. The van der Waals surface area contributed by atoms with E-state index in [1.54, 1.807) is 0 Å². The lowest BCUT2D eigenvalue weighted by Gasteiger charge is -2.34. The fourth-order valence-electron chi connectivity index (χ4n) is 3.89. The van der Waals surface area contributed by atoms with E-state index in [-0.39, 0.29) is 17.9 Å². The van der Waals surface area contributed by atoms with Crippen LogP contribution in [0.4, 0.5) is 0 Å². The Morgan fingerprint density at radius 1 is 1.08 bits per heavy atom. The quantitative estimate of drug-likeness (QED) is 0.833. The molecule has 2 fully saturated rings. The van der Waals surface area contributed by atoms with Crippen molar-refractivity contribution in [1.82, 2.24) is 9.21 Å². The van der Waals surface area contributed by atoms with Gasteiger partial charge in [0.1, 0.15) is 0 Å². The zero-order valence-electron chi connectivity index (χ0n) is 14.2. The molecule has 1 unspecified atom stereocenters. The summed E-state index contributed by atoms with van der Waals surface area (Å²) in [5.41, 5.74) is 1.27. The summed E-state index contributed by atoms with van der Waals surface area (Å²) < 4.78 is 24.7. The maximum absolute atomic E-state index is 12.9. The summed E-state index contributed by atoms with van der Waals surface area (Å²) in [5, 5.41) is 0. The number of rotatable bonds is 4. The Bertz CT molecular complexity index is 667. The molecule has 132 valence electrons. The number of carbonyl (C=O) groups excluding carboxylic acids is 1. The monoisotopic (exact) mass is 350 g/mol. The van der Waals surface area contributed by atoms with Gasteiger partial charge in [0.15, 0.2) is 0 Å². The van der Waals surface area contributed by atoms with E-state index in [0.717, 1.165) is 25.8 Å². The van der Waals surface area contributed by atoms with Gasteiger partial charge in [0.25, 0.3) is 0 Å². The van der Waals surface area contributed by atoms with E-state index in [1.807, 2.05) is 23.1 Å². The van der Waals surface area contributed by atoms with E-state index in [9.17, 15) is 13.2 Å². The second-order valence-electron chi connectivity index (χ2n) is 6.95. The van der Waals surface area contributed by atoms with Crippen LogP contribution in [-0.4, -0.2) is 55.5 Å². The molecule has 0 N–H and O–H groups in total. The molecule has 3 rings (SSSR count). The maximum Gasteiger partial charge on any atom is 0.226 e. The van der Waals surface area contributed by atoms with Crippen molar-refractivity contribution in [3.8, 4) is 0 Å². The first-order valence-corrected chi connectivity index (χ1v) is 10.6. The summed E-state index contributed by atoms with van der Waals surface area (Å²) in [6.45, 7) is 1.77. The van der Waals surface area contributed by atoms with Crippen molar-refractivity contribution < 1.29 is 13.2 Å². The molecular formula is C18H26N2O3S. The lowest BCUT2D eigenvalue weighted by Crippen LogP contribution is -2.46. The van der Waals surface area contributed by atoms with E-state index in [2.05, 4.69) is 12.1 Å². The topological polar surface area (TPSA) is 57.7 Å². The summed E-state index contributed by atoms with van der Waals surface area (Å²) in [6, 6.07) is 10.6. The number of nitrogens with zero attached hydrogens (tertiary/aromatic N) is 2. The number of benzene rings is 1. The van der Waals surface area contributed by atoms with Crippen molar-refractivity contribution in [1.29, 1.82) is 0 Å². The third-order valence-electron chi connectivity index (χ3n) is 5.25. The van der Waals surface area contributed by atoms with Crippen LogP contribution in [0.3, 0.4) is 0 Å². The molecule has 0 bridgehead atoms. The van der Waals surface area contributed by atoms with Crippen LogP contribution in [0.15, 0.2) is 30.3 Å². The largest absolute Gasteiger partial charge is 0.339 e. The third-order valence-corrected chi connectivity index (χ3v) is 6.55. The van der Waals surface area contributed by atoms with Crippen LogP contribution >= 0.6 is 0 Å². The Hall–Kier alpha value is -1.40. The first kappa shape index (κ1) is 17.4. The van der Waals surface area contributed by atoms with Crippen molar-refractivity contribution in [2.45, 2.75) is 38.1 Å². The number of sulfonamides is 1. The number of hydrogen-bond acceptors (Lipinski definition) is 3. The maximum atomic E-state index is 12.9. The smallest absolute Gasteiger partial charge is 0.226 e. The molecular weight excluding hydrogens is 324 g/mol. The second-order valence-corrected chi connectivity index (χ2v) is 8.94. The van der Waals surface area contributed by atoms with Gasteiger partial charge in [-0.05, 0) is 37.7 Å². The van der Waals surface area contributed by atoms with Gasteiger partial charge >= 0.3 is 0 Å². The van der Waals surface area contributed by atoms with Crippen LogP contribution in [0.5, 0.6) is 0 Å². The zero-order chi connectivity index (χ0) is 17.2. The van der Waals surface area contributed by atoms with Crippen LogP contribution in [-0.2, 0) is 21.2 Å². The van der Waals surface area contributed by atoms with E-state index in [0.29, 0.717) is 25.9 Å². The molecule has 0 saturated carbocycles. The van der Waals surface area contributed by atoms with Gasteiger partial charge in [-0.2, -0.15) is 0 Å². The average molecular weight is 350 g/mol. The Kier molecular flexibility index (Phi) is 5.25. The van der Waals surface area contributed by atoms with Gasteiger partial charge in [0, 0.05) is 31.6 Å². The van der Waals surface area contributed by atoms with Gasteiger partial charge in [0.2, 0.25) is 15.9 Å². The molecule has 2 heterocycles. The molecule has 1 aromatic carbocycles. The highest BCUT2D eigenvalue weighted by atomic mass is 32.2. The molecule has 1 atom stereocenters. The third kappa shape index (κ3) is 3.98. The van der Waals surface area contributed by atoms with Crippen LogP contribution in [0, 0.1) is 5.92 Å². The van der Waals surface area contributed by atoms with Gasteiger partial charge in [-0.15, -0.1) is 0 Å². The van der Waals surface area contributed by atoms with Crippen LogP contribution < -0.4 is 0 Å². The SMILES string of the molecule is CS(=O)(=O)N1CCC(C(=O)N2CCCC2Cc2ccccc2)CC1. The lowest BCUT2D eigenvalue weighted by molar-refractivity contribution is -0.137. The van der Waals surface area contributed by atoms with Crippen molar-refractivity contribution >= 4 is 15.9 Å². The summed E-state index contributed by atoms with van der Waals surface area (Å²) in [5.74, 6) is 0.195. The minimum absolute atomic E-state index is 0.0284. The molecule has 6 heteroatoms. The number of hydrogen-bond donors (Lipinski definition) is 0. The minimum atomic E-state index is -3.14. The van der Waals surface area contributed by atoms with Gasteiger partial charge in [-0.1, -0.05) is 30.3 Å². The molecule has 24 heavy (non-hydrogen) atoms. The molecule has 1 aromatic rings. The van der Waals surface area contributed by atoms with Crippen molar-refractivity contribution in [3.63, 3.8) is 0 Å². The standard InChI is InChI=1S/C18H26N2O3S/c1-24(22,23)19-12-9-16(10-13-19)18(21)20-11-5-8-17(20)14-15-6-3-2-4-7-15/h2-4,6-7,16-17H,5,8-14H2,1H3. The van der Waals surface area contributed by atoms with Crippen molar-refractivity contribution in [2.75, 3.05) is 25.9 Å². The fourth-order valence-corrected chi connectivity index (χ4v) is 4.77. The number of carbonyl (C=O) groups is 1. The summed E-state index contributed by atoms with van der Waals surface area (Å²) in [6.07, 6.45) is 5.55. The first-order valence-electron chi connectivity index (χ1n) is 8.74. The molecule has 0 spiro atoms. The normalized spacial score (nSPS) is 23.5. The van der Waals surface area contributed by atoms with Gasteiger partial charge in [0.05, 0.1) is 6.26 Å². The zero-order valence-corrected chi connectivity index (χ0v) is 15.0. The van der Waals surface area contributed by atoms with Crippen molar-refractivity contribution in [3.05, 3.63) is 35.9 Å². The van der Waals surface area contributed by atoms with Crippen LogP contribution in [0.25, 0.3) is 0 Å². The fraction of sp³-hybridized carbons (Fsp3) is 0.611. The molecule has 2 aliphatic rings. The van der Waals surface area contributed by atoms with Crippen molar-refractivity contribution in [2.24, 2.45) is 5.92 Å². The van der Waals surface area contributed by atoms with E-state index in [1.165, 1.54) is 16.1 Å². The number of likely N-dealkylation sites (tertiary alicyclic amines) is 1. The molecule has 1 amide bonds. The van der Waals surface area contributed by atoms with Crippen LogP contribution in [0.1, 0.15) is 31.2 Å². The van der Waals surface area contributed by atoms with Gasteiger partial charge in [-0.25, -0.2) is 12.7 Å². The lowest BCUT2D eigenvalue weighted by atomic mass is 9.95. The molecule has 0 radical (unpaired) electrons. The number of piperidine rings is 1. The van der Waals surface area contributed by atoms with Gasteiger partial charge in [-0.3, -0.25) is 4.79 Å². The highest BCUT2D eigenvalue weighted by Gasteiger charge is 2.35. The Balaban J connectivity index is 1.60. The van der Waals surface area contributed by atoms with E-state index >= 15 is 0 Å². The van der Waals surface area contributed by atoms with Crippen LogP contribution in [0.2, 0.25) is 0 Å². The molecule has 2 saturated heterocycles. The van der Waals surface area contributed by atoms with E-state index in [4.69, 9.17) is 0 Å². The predicted molar refractivity (Wildman–Crippen MR) is 94.0 cm³/mol. The highest BCUT2D eigenvalue weighted by molar-refractivity contribution is 7.88. The number of amides is 1. The molecule has 0 aromatic heterocycles. The second kappa shape index (κ2) is 7.23. The molecule has 0 aliphatic carbocycles. The Labute approximate surface area is 144 Å². The first-order chi connectivity index (χ1) is 11.4. The summed E-state index contributed by atoms with van der Waals surface area (Å²) >= 11 is 0. The molecule has 2 aliphatic heterocycles. The Morgan fingerprint density at radius 3 is 2.38 bits per heavy atom. The summed E-state index contributed by atoms with van der Waals surface area (Å²) in [7, 11) is -3.14. The van der Waals surface area contributed by atoms with Gasteiger partial charge < -0.3 is 4.90 Å². The summed E-state index contributed by atoms with van der Waals surface area (Å²) in [4.78, 5) is 15.0. The average Bonchev–Trinajstić information content (AvgIpc) is 3.02. The predicted octanol–water partition coefficient (Wildman–Crippen LogP) is 1.89.